The topological polar surface area (TPSA) is 98.6 Å². The number of hydrogen-bond donors (Lipinski definition) is 2. The molecule has 0 aliphatic carbocycles. The Labute approximate surface area is 230 Å². The van der Waals surface area contributed by atoms with Crippen molar-refractivity contribution in [1.29, 1.82) is 0 Å². The first-order chi connectivity index (χ1) is 19.0. The number of nitrogens with zero attached hydrogens (tertiary/aromatic N) is 1. The average Bonchev–Trinajstić information content (AvgIpc) is 3.45. The molecule has 198 valence electrons. The zero-order valence-corrected chi connectivity index (χ0v) is 21.7. The van der Waals surface area contributed by atoms with Crippen molar-refractivity contribution in [2.24, 2.45) is 5.10 Å². The van der Waals surface area contributed by atoms with E-state index in [2.05, 4.69) is 10.5 Å². The predicted molar refractivity (Wildman–Crippen MR) is 147 cm³/mol. The van der Waals surface area contributed by atoms with Crippen LogP contribution in [0.25, 0.3) is 0 Å². The summed E-state index contributed by atoms with van der Waals surface area (Å²) in [5.41, 5.74) is 2.76. The second-order valence-corrected chi connectivity index (χ2v) is 9.06. The Balaban J connectivity index is 1.31. The van der Waals surface area contributed by atoms with Gasteiger partial charge in [-0.25, -0.2) is 5.43 Å². The van der Waals surface area contributed by atoms with Gasteiger partial charge < -0.3 is 24.1 Å². The highest BCUT2D eigenvalue weighted by Crippen LogP contribution is 2.38. The molecule has 9 heteroatoms. The van der Waals surface area contributed by atoms with Crippen molar-refractivity contribution in [1.82, 2.24) is 5.43 Å². The SMILES string of the molecule is COc1cc(/C=N\NC(=O)C(O)(c2ccccc2)c2ccccc2)cc(Cl)c1OCc1ccc2c(c1)OCO2. The highest BCUT2D eigenvalue weighted by Gasteiger charge is 2.39. The maximum Gasteiger partial charge on any atom is 0.281 e. The van der Waals surface area contributed by atoms with E-state index in [0.29, 0.717) is 44.7 Å². The standard InChI is InChI=1S/C30H25ClN2O6/c1-36-27-16-21(14-24(31)28(27)37-18-20-12-13-25-26(15-20)39-19-38-25)17-32-33-29(34)30(35,22-8-4-2-5-9-22)23-10-6-3-7-11-23/h2-17,35H,18-19H2,1H3,(H,33,34)/b32-17-. The Kier molecular flexibility index (Phi) is 7.67. The summed E-state index contributed by atoms with van der Waals surface area (Å²) in [5, 5.41) is 15.9. The van der Waals surface area contributed by atoms with Gasteiger partial charge in [-0.1, -0.05) is 78.3 Å². The molecule has 0 bridgehead atoms. The van der Waals surface area contributed by atoms with Crippen LogP contribution in [0.4, 0.5) is 0 Å². The molecule has 1 heterocycles. The zero-order chi connectivity index (χ0) is 27.2. The third-order valence-electron chi connectivity index (χ3n) is 6.16. The zero-order valence-electron chi connectivity index (χ0n) is 21.0. The summed E-state index contributed by atoms with van der Waals surface area (Å²) < 4.78 is 22.2. The molecule has 1 aliphatic heterocycles. The van der Waals surface area contributed by atoms with Gasteiger partial charge in [0.1, 0.15) is 6.61 Å². The summed E-state index contributed by atoms with van der Waals surface area (Å²) in [7, 11) is 1.50. The lowest BCUT2D eigenvalue weighted by atomic mass is 9.85. The van der Waals surface area contributed by atoms with Crippen LogP contribution in [-0.2, 0) is 17.0 Å². The first-order valence-corrected chi connectivity index (χ1v) is 12.4. The van der Waals surface area contributed by atoms with Crippen molar-refractivity contribution >= 4 is 23.7 Å². The molecule has 0 unspecified atom stereocenters. The molecule has 39 heavy (non-hydrogen) atoms. The fourth-order valence-electron chi connectivity index (χ4n) is 4.17. The smallest absolute Gasteiger partial charge is 0.281 e. The van der Waals surface area contributed by atoms with Crippen molar-refractivity contribution in [3.05, 3.63) is 118 Å². The molecule has 0 saturated carbocycles. The summed E-state index contributed by atoms with van der Waals surface area (Å²) >= 11 is 6.51. The molecule has 8 nitrogen and oxygen atoms in total. The first kappa shape index (κ1) is 26.1. The molecule has 4 aromatic carbocycles. The Morgan fingerprint density at radius 3 is 2.33 bits per heavy atom. The third kappa shape index (κ3) is 5.52. The first-order valence-electron chi connectivity index (χ1n) is 12.0. The fraction of sp³-hybridized carbons (Fsp3) is 0.133. The minimum atomic E-state index is -1.94. The number of aliphatic hydroxyl groups is 1. The number of ether oxygens (including phenoxy) is 4. The highest BCUT2D eigenvalue weighted by molar-refractivity contribution is 6.32. The van der Waals surface area contributed by atoms with Crippen molar-refractivity contribution in [2.75, 3.05) is 13.9 Å². The fourth-order valence-corrected chi connectivity index (χ4v) is 4.45. The summed E-state index contributed by atoms with van der Waals surface area (Å²) in [6.07, 6.45) is 1.41. The molecule has 0 fully saturated rings. The van der Waals surface area contributed by atoms with Crippen LogP contribution in [0.2, 0.25) is 5.02 Å². The highest BCUT2D eigenvalue weighted by atomic mass is 35.5. The van der Waals surface area contributed by atoms with Crippen LogP contribution in [0.5, 0.6) is 23.0 Å². The number of rotatable bonds is 9. The molecule has 0 spiro atoms. The van der Waals surface area contributed by atoms with E-state index < -0.39 is 11.5 Å². The number of amides is 1. The van der Waals surface area contributed by atoms with Crippen molar-refractivity contribution in [3.63, 3.8) is 0 Å². The molecule has 0 aromatic heterocycles. The van der Waals surface area contributed by atoms with E-state index >= 15 is 0 Å². The predicted octanol–water partition coefficient (Wildman–Crippen LogP) is 5.04. The summed E-state index contributed by atoms with van der Waals surface area (Å²) in [6, 6.07) is 26.2. The lowest BCUT2D eigenvalue weighted by Crippen LogP contribution is -2.43. The van der Waals surface area contributed by atoms with Gasteiger partial charge in [-0.2, -0.15) is 5.10 Å². The van der Waals surface area contributed by atoms with E-state index in [1.165, 1.54) is 13.3 Å². The number of fused-ring (bicyclic) bond motifs is 1. The van der Waals surface area contributed by atoms with Crippen molar-refractivity contribution in [3.8, 4) is 23.0 Å². The Bertz CT molecular complexity index is 1460. The van der Waals surface area contributed by atoms with Gasteiger partial charge in [0, 0.05) is 0 Å². The monoisotopic (exact) mass is 544 g/mol. The second-order valence-electron chi connectivity index (χ2n) is 8.65. The van der Waals surface area contributed by atoms with Crippen LogP contribution in [0.15, 0.2) is 96.1 Å². The molecule has 1 aliphatic rings. The van der Waals surface area contributed by atoms with E-state index in [9.17, 15) is 9.90 Å². The number of nitrogens with one attached hydrogen (secondary N) is 1. The number of hydrogen-bond acceptors (Lipinski definition) is 7. The number of carbonyl (C=O) groups excluding carboxylic acids is 1. The van der Waals surface area contributed by atoms with Crippen LogP contribution in [0.3, 0.4) is 0 Å². The van der Waals surface area contributed by atoms with E-state index in [0.717, 1.165) is 5.56 Å². The number of halogens is 1. The molecule has 2 N–H and O–H groups in total. The maximum absolute atomic E-state index is 13.2. The van der Waals surface area contributed by atoms with Crippen molar-refractivity contribution < 1.29 is 28.8 Å². The average molecular weight is 545 g/mol. The molecule has 0 radical (unpaired) electrons. The Morgan fingerprint density at radius 2 is 1.67 bits per heavy atom. The lowest BCUT2D eigenvalue weighted by Gasteiger charge is -2.27. The van der Waals surface area contributed by atoms with E-state index in [-0.39, 0.29) is 13.4 Å². The van der Waals surface area contributed by atoms with Crippen LogP contribution in [0.1, 0.15) is 22.3 Å². The normalized spacial score (nSPS) is 12.4. The molecule has 1 amide bonds. The quantitative estimate of drug-likeness (QED) is 0.226. The van der Waals surface area contributed by atoms with Gasteiger partial charge >= 0.3 is 0 Å². The van der Waals surface area contributed by atoms with Crippen LogP contribution >= 0.6 is 11.6 Å². The van der Waals surface area contributed by atoms with E-state index in [1.54, 1.807) is 60.7 Å². The summed E-state index contributed by atoms with van der Waals surface area (Å²) in [6.45, 7) is 0.425. The van der Waals surface area contributed by atoms with Gasteiger partial charge in [0.2, 0.25) is 6.79 Å². The number of methoxy groups -OCH3 is 1. The molecule has 0 saturated heterocycles. The van der Waals surface area contributed by atoms with E-state index in [4.69, 9.17) is 30.5 Å². The van der Waals surface area contributed by atoms with Gasteiger partial charge in [0.25, 0.3) is 5.91 Å². The molecular formula is C30H25ClN2O6. The number of benzene rings is 4. The van der Waals surface area contributed by atoms with Gasteiger partial charge in [-0.05, 0) is 46.5 Å². The molecule has 0 atom stereocenters. The van der Waals surface area contributed by atoms with Crippen LogP contribution in [-0.4, -0.2) is 31.1 Å². The minimum absolute atomic E-state index is 0.195. The Morgan fingerprint density at radius 1 is 1.00 bits per heavy atom. The Hall–Kier alpha value is -4.53. The van der Waals surface area contributed by atoms with Crippen molar-refractivity contribution in [2.45, 2.75) is 12.2 Å². The molecule has 4 aromatic rings. The van der Waals surface area contributed by atoms with Gasteiger partial charge in [-0.3, -0.25) is 4.79 Å². The van der Waals surface area contributed by atoms with Gasteiger partial charge in [0.15, 0.2) is 28.6 Å². The maximum atomic E-state index is 13.2. The number of hydrazone groups is 1. The molecular weight excluding hydrogens is 520 g/mol. The summed E-state index contributed by atoms with van der Waals surface area (Å²) in [5.74, 6) is 1.39. The molecule has 5 rings (SSSR count). The van der Waals surface area contributed by atoms with E-state index in [1.807, 2.05) is 30.3 Å². The van der Waals surface area contributed by atoms with Gasteiger partial charge in [0.05, 0.1) is 18.3 Å². The second kappa shape index (κ2) is 11.5. The van der Waals surface area contributed by atoms with Crippen LogP contribution in [0, 0.1) is 0 Å². The largest absolute Gasteiger partial charge is 0.493 e. The third-order valence-corrected chi connectivity index (χ3v) is 6.44. The minimum Gasteiger partial charge on any atom is -0.493 e. The number of carbonyl (C=O) groups is 1. The summed E-state index contributed by atoms with van der Waals surface area (Å²) in [4.78, 5) is 13.2. The van der Waals surface area contributed by atoms with Crippen LogP contribution < -0.4 is 24.4 Å². The van der Waals surface area contributed by atoms with Gasteiger partial charge in [-0.15, -0.1) is 0 Å². The lowest BCUT2D eigenvalue weighted by molar-refractivity contribution is -0.136.